The lowest BCUT2D eigenvalue weighted by atomic mass is 10.0. The molecule has 1 heterocycles. The van der Waals surface area contributed by atoms with E-state index in [0.717, 1.165) is 30.5 Å². The zero-order chi connectivity index (χ0) is 13.8. The number of rotatable bonds is 4. The maximum atomic E-state index is 5.20. The smallest absolute Gasteiger partial charge is 0.118 e. The molecule has 1 aromatic carbocycles. The fourth-order valence-corrected chi connectivity index (χ4v) is 2.37. The molecule has 0 aromatic heterocycles. The van der Waals surface area contributed by atoms with Gasteiger partial charge in [-0.15, -0.1) is 0 Å². The number of hydrogen-bond donors (Lipinski definition) is 0. The molecule has 0 aliphatic carbocycles. The SMILES string of the molecule is C=C(OC)c1ccc2c(c1)CC=C(CC)C(CC)=N2. The maximum absolute atomic E-state index is 5.20. The predicted octanol–water partition coefficient (Wildman–Crippen LogP) is 4.68. The van der Waals surface area contributed by atoms with Crippen molar-refractivity contribution in [2.75, 3.05) is 7.11 Å². The first-order chi connectivity index (χ1) is 9.19. The van der Waals surface area contributed by atoms with Crippen LogP contribution in [-0.2, 0) is 11.2 Å². The third-order valence-corrected chi connectivity index (χ3v) is 3.56. The van der Waals surface area contributed by atoms with Crippen molar-refractivity contribution in [3.63, 3.8) is 0 Å². The van der Waals surface area contributed by atoms with E-state index in [-0.39, 0.29) is 0 Å². The van der Waals surface area contributed by atoms with E-state index in [4.69, 9.17) is 9.73 Å². The van der Waals surface area contributed by atoms with Crippen LogP contribution >= 0.6 is 0 Å². The van der Waals surface area contributed by atoms with Crippen LogP contribution in [-0.4, -0.2) is 12.8 Å². The molecular weight excluding hydrogens is 234 g/mol. The average Bonchev–Trinajstić information content (AvgIpc) is 2.64. The molecule has 0 bridgehead atoms. The highest BCUT2D eigenvalue weighted by Gasteiger charge is 2.12. The van der Waals surface area contributed by atoms with Crippen LogP contribution in [0.1, 0.15) is 37.8 Å². The summed E-state index contributed by atoms with van der Waals surface area (Å²) in [5.41, 5.74) is 5.92. The van der Waals surface area contributed by atoms with E-state index in [0.29, 0.717) is 5.76 Å². The predicted molar refractivity (Wildman–Crippen MR) is 81.9 cm³/mol. The summed E-state index contributed by atoms with van der Waals surface area (Å²) in [6.45, 7) is 8.25. The topological polar surface area (TPSA) is 21.6 Å². The Morgan fingerprint density at radius 1 is 1.32 bits per heavy atom. The Bertz CT molecular complexity index is 552. The number of ether oxygens (including phenoxy) is 1. The van der Waals surface area contributed by atoms with Crippen LogP contribution in [0, 0.1) is 0 Å². The highest BCUT2D eigenvalue weighted by molar-refractivity contribution is 6.02. The Balaban J connectivity index is 2.45. The van der Waals surface area contributed by atoms with Crippen molar-refractivity contribution >= 4 is 17.2 Å². The summed E-state index contributed by atoms with van der Waals surface area (Å²) < 4.78 is 5.20. The van der Waals surface area contributed by atoms with Crippen LogP contribution < -0.4 is 0 Å². The molecule has 100 valence electrons. The molecule has 0 unspecified atom stereocenters. The molecule has 0 fully saturated rings. The fourth-order valence-electron chi connectivity index (χ4n) is 2.37. The number of hydrogen-bond acceptors (Lipinski definition) is 2. The second-order valence-corrected chi connectivity index (χ2v) is 4.67. The molecule has 1 aliphatic rings. The highest BCUT2D eigenvalue weighted by Crippen LogP contribution is 2.29. The zero-order valence-corrected chi connectivity index (χ0v) is 12.0. The first kappa shape index (κ1) is 13.6. The van der Waals surface area contributed by atoms with E-state index in [1.165, 1.54) is 16.8 Å². The van der Waals surface area contributed by atoms with Gasteiger partial charge in [-0.05, 0) is 48.6 Å². The van der Waals surface area contributed by atoms with E-state index in [1.807, 2.05) is 6.07 Å². The standard InChI is InChI=1S/C17H21NO/c1-5-13-7-8-15-11-14(12(3)19-4)9-10-17(15)18-16(13)6-2/h7,9-11H,3,5-6,8H2,1-2,4H3. The molecule has 19 heavy (non-hydrogen) atoms. The van der Waals surface area contributed by atoms with Gasteiger partial charge in [0.2, 0.25) is 0 Å². The molecule has 0 N–H and O–H groups in total. The van der Waals surface area contributed by atoms with E-state index >= 15 is 0 Å². The van der Waals surface area contributed by atoms with Crippen LogP contribution in [0.3, 0.4) is 0 Å². The van der Waals surface area contributed by atoms with Gasteiger partial charge in [-0.1, -0.05) is 26.5 Å². The number of nitrogens with zero attached hydrogens (tertiary/aromatic N) is 1. The van der Waals surface area contributed by atoms with Crippen molar-refractivity contribution < 1.29 is 4.74 Å². The quantitative estimate of drug-likeness (QED) is 0.716. The lowest BCUT2D eigenvalue weighted by Crippen LogP contribution is -1.99. The Kier molecular flexibility index (Phi) is 4.20. The summed E-state index contributed by atoms with van der Waals surface area (Å²) in [5, 5.41) is 0. The summed E-state index contributed by atoms with van der Waals surface area (Å²) >= 11 is 0. The first-order valence-electron chi connectivity index (χ1n) is 6.82. The number of benzene rings is 1. The summed E-state index contributed by atoms with van der Waals surface area (Å²) in [7, 11) is 1.65. The number of allylic oxidation sites excluding steroid dienone is 2. The van der Waals surface area contributed by atoms with Gasteiger partial charge >= 0.3 is 0 Å². The van der Waals surface area contributed by atoms with E-state index in [2.05, 4.69) is 38.6 Å². The Hall–Kier alpha value is -1.83. The van der Waals surface area contributed by atoms with Crippen LogP contribution in [0.4, 0.5) is 5.69 Å². The molecule has 2 heteroatoms. The highest BCUT2D eigenvalue weighted by atomic mass is 16.5. The molecule has 2 nitrogen and oxygen atoms in total. The summed E-state index contributed by atoms with van der Waals surface area (Å²) in [4.78, 5) is 4.81. The minimum atomic E-state index is 0.700. The van der Waals surface area contributed by atoms with Gasteiger partial charge in [0, 0.05) is 11.3 Å². The molecular formula is C17H21NO. The largest absolute Gasteiger partial charge is 0.497 e. The third-order valence-electron chi connectivity index (χ3n) is 3.56. The first-order valence-corrected chi connectivity index (χ1v) is 6.82. The molecule has 0 spiro atoms. The molecule has 2 rings (SSSR count). The minimum absolute atomic E-state index is 0.700. The maximum Gasteiger partial charge on any atom is 0.118 e. The van der Waals surface area contributed by atoms with E-state index in [9.17, 15) is 0 Å². The Labute approximate surface area is 115 Å². The van der Waals surface area contributed by atoms with Gasteiger partial charge in [0.05, 0.1) is 12.8 Å². The van der Waals surface area contributed by atoms with Crippen LogP contribution in [0.2, 0.25) is 0 Å². The van der Waals surface area contributed by atoms with Crippen LogP contribution in [0.25, 0.3) is 5.76 Å². The van der Waals surface area contributed by atoms with E-state index in [1.54, 1.807) is 7.11 Å². The summed E-state index contributed by atoms with van der Waals surface area (Å²) in [6.07, 6.45) is 5.24. The van der Waals surface area contributed by atoms with Gasteiger partial charge in [0.25, 0.3) is 0 Å². The number of aliphatic imine (C=N–C) groups is 1. The number of fused-ring (bicyclic) bond motifs is 1. The lowest BCUT2D eigenvalue weighted by Gasteiger charge is -2.08. The van der Waals surface area contributed by atoms with Crippen molar-refractivity contribution in [2.45, 2.75) is 33.1 Å². The zero-order valence-electron chi connectivity index (χ0n) is 12.0. The third kappa shape index (κ3) is 2.78. The van der Waals surface area contributed by atoms with E-state index < -0.39 is 0 Å². The van der Waals surface area contributed by atoms with Crippen molar-refractivity contribution in [3.8, 4) is 0 Å². The molecule has 0 atom stereocenters. The van der Waals surface area contributed by atoms with Gasteiger partial charge in [-0.2, -0.15) is 0 Å². The van der Waals surface area contributed by atoms with Crippen LogP contribution in [0.15, 0.2) is 41.4 Å². The van der Waals surface area contributed by atoms with Gasteiger partial charge in [0.15, 0.2) is 0 Å². The van der Waals surface area contributed by atoms with Crippen molar-refractivity contribution in [2.24, 2.45) is 4.99 Å². The van der Waals surface area contributed by atoms with Gasteiger partial charge in [-0.3, -0.25) is 4.99 Å². The second-order valence-electron chi connectivity index (χ2n) is 4.67. The minimum Gasteiger partial charge on any atom is -0.497 e. The molecule has 0 saturated heterocycles. The molecule has 0 radical (unpaired) electrons. The van der Waals surface area contributed by atoms with Crippen molar-refractivity contribution in [1.29, 1.82) is 0 Å². The van der Waals surface area contributed by atoms with Gasteiger partial charge in [0.1, 0.15) is 5.76 Å². The Morgan fingerprint density at radius 2 is 2.11 bits per heavy atom. The monoisotopic (exact) mass is 255 g/mol. The van der Waals surface area contributed by atoms with Crippen molar-refractivity contribution in [1.82, 2.24) is 0 Å². The molecule has 1 aliphatic heterocycles. The molecule has 0 saturated carbocycles. The van der Waals surface area contributed by atoms with Gasteiger partial charge in [-0.25, -0.2) is 0 Å². The Morgan fingerprint density at radius 3 is 2.74 bits per heavy atom. The fraction of sp³-hybridized carbons (Fsp3) is 0.353. The average molecular weight is 255 g/mol. The summed E-state index contributed by atoms with van der Waals surface area (Å²) in [5.74, 6) is 0.700. The number of methoxy groups -OCH3 is 1. The molecule has 1 aromatic rings. The summed E-state index contributed by atoms with van der Waals surface area (Å²) in [6, 6.07) is 6.22. The molecule has 0 amide bonds. The normalized spacial score (nSPS) is 14.1. The second kappa shape index (κ2) is 5.87. The lowest BCUT2D eigenvalue weighted by molar-refractivity contribution is 0.371. The van der Waals surface area contributed by atoms with Gasteiger partial charge < -0.3 is 4.74 Å². The van der Waals surface area contributed by atoms with Crippen LogP contribution in [0.5, 0.6) is 0 Å². The van der Waals surface area contributed by atoms with Crippen molar-refractivity contribution in [3.05, 3.63) is 47.6 Å².